The maximum Gasteiger partial charge on any atom is 0.328 e. The van der Waals surface area contributed by atoms with E-state index in [1.165, 1.54) is 0 Å². The zero-order valence-electron chi connectivity index (χ0n) is 8.22. The van der Waals surface area contributed by atoms with Crippen LogP contribution in [-0.2, 0) is 13.6 Å². The number of rotatable bonds is 2. The van der Waals surface area contributed by atoms with Gasteiger partial charge in [-0.25, -0.2) is 4.79 Å². The molecule has 2 aromatic heterocycles. The highest BCUT2D eigenvalue weighted by Crippen LogP contribution is 2.09. The number of pyridine rings is 1. The molecule has 0 aromatic carbocycles. The number of aromatic nitrogens is 3. The van der Waals surface area contributed by atoms with Gasteiger partial charge in [-0.1, -0.05) is 0 Å². The summed E-state index contributed by atoms with van der Waals surface area (Å²) >= 11 is 3.34. The highest BCUT2D eigenvalue weighted by molar-refractivity contribution is 9.10. The molecule has 0 unspecified atom stereocenters. The van der Waals surface area contributed by atoms with Crippen LogP contribution >= 0.6 is 15.9 Å². The van der Waals surface area contributed by atoms with E-state index in [2.05, 4.69) is 20.9 Å². The summed E-state index contributed by atoms with van der Waals surface area (Å²) in [5.74, 6) is 0. The lowest BCUT2D eigenvalue weighted by atomic mass is 10.3. The highest BCUT2D eigenvalue weighted by Gasteiger charge is 2.01. The van der Waals surface area contributed by atoms with Crippen LogP contribution in [-0.4, -0.2) is 14.1 Å². The van der Waals surface area contributed by atoms with Crippen molar-refractivity contribution in [3.63, 3.8) is 0 Å². The fourth-order valence-corrected chi connectivity index (χ4v) is 1.78. The van der Waals surface area contributed by atoms with Gasteiger partial charge in [-0.05, 0) is 27.6 Å². The van der Waals surface area contributed by atoms with Crippen molar-refractivity contribution in [3.8, 4) is 0 Å². The van der Waals surface area contributed by atoms with Crippen LogP contribution < -0.4 is 5.69 Å². The Bertz CT molecular complexity index is 529. The van der Waals surface area contributed by atoms with Gasteiger partial charge in [-0.3, -0.25) is 9.55 Å². The molecule has 2 aromatic rings. The quantitative estimate of drug-likeness (QED) is 0.825. The first-order valence-electron chi connectivity index (χ1n) is 4.48. The maximum atomic E-state index is 11.6. The van der Waals surface area contributed by atoms with Gasteiger partial charge < -0.3 is 4.57 Å². The summed E-state index contributed by atoms with van der Waals surface area (Å²) in [5, 5.41) is 0. The molecule has 0 saturated carbocycles. The Hall–Kier alpha value is -1.36. The second-order valence-electron chi connectivity index (χ2n) is 3.33. The Morgan fingerprint density at radius 1 is 1.40 bits per heavy atom. The minimum Gasteiger partial charge on any atom is -0.302 e. The van der Waals surface area contributed by atoms with Gasteiger partial charge in [0.15, 0.2) is 0 Å². The average Bonchev–Trinajstić information content (AvgIpc) is 2.50. The lowest BCUT2D eigenvalue weighted by Gasteiger charge is -2.01. The van der Waals surface area contributed by atoms with Crippen molar-refractivity contribution >= 4 is 15.9 Å². The molecule has 0 saturated heterocycles. The first-order valence-corrected chi connectivity index (χ1v) is 5.27. The molecule has 0 atom stereocenters. The summed E-state index contributed by atoms with van der Waals surface area (Å²) in [6, 6.07) is 1.95. The van der Waals surface area contributed by atoms with Gasteiger partial charge in [0.05, 0.1) is 6.54 Å². The van der Waals surface area contributed by atoms with Gasteiger partial charge in [0.25, 0.3) is 0 Å². The molecular weight excluding hydrogens is 258 g/mol. The maximum absolute atomic E-state index is 11.6. The molecule has 0 aliphatic rings. The van der Waals surface area contributed by atoms with Crippen LogP contribution in [0.2, 0.25) is 0 Å². The number of hydrogen-bond donors (Lipinski definition) is 0. The monoisotopic (exact) mass is 267 g/mol. The van der Waals surface area contributed by atoms with Crippen molar-refractivity contribution in [2.45, 2.75) is 6.54 Å². The normalized spacial score (nSPS) is 10.5. The van der Waals surface area contributed by atoms with Crippen molar-refractivity contribution in [2.75, 3.05) is 0 Å². The molecule has 0 radical (unpaired) electrons. The molecule has 4 nitrogen and oxygen atoms in total. The second-order valence-corrected chi connectivity index (χ2v) is 4.25. The van der Waals surface area contributed by atoms with Crippen molar-refractivity contribution < 1.29 is 0 Å². The van der Waals surface area contributed by atoms with Crippen molar-refractivity contribution in [1.29, 1.82) is 0 Å². The van der Waals surface area contributed by atoms with Gasteiger partial charge in [0.1, 0.15) is 0 Å². The van der Waals surface area contributed by atoms with Gasteiger partial charge in [0.2, 0.25) is 0 Å². The van der Waals surface area contributed by atoms with E-state index in [0.717, 1.165) is 10.0 Å². The fraction of sp³-hybridized carbons (Fsp3) is 0.200. The van der Waals surface area contributed by atoms with Gasteiger partial charge in [-0.2, -0.15) is 0 Å². The Labute approximate surface area is 95.3 Å². The molecule has 5 heteroatoms. The average molecular weight is 268 g/mol. The Balaban J connectivity index is 2.30. The van der Waals surface area contributed by atoms with Crippen LogP contribution in [0.3, 0.4) is 0 Å². The third-order valence-corrected chi connectivity index (χ3v) is 2.57. The second kappa shape index (κ2) is 4.02. The number of nitrogens with zero attached hydrogens (tertiary/aromatic N) is 3. The summed E-state index contributed by atoms with van der Waals surface area (Å²) < 4.78 is 4.11. The molecule has 0 aliphatic heterocycles. The number of aryl methyl sites for hydroxylation is 1. The predicted octanol–water partition coefficient (Wildman–Crippen LogP) is 1.39. The molecule has 0 N–H and O–H groups in total. The molecule has 0 amide bonds. The van der Waals surface area contributed by atoms with Crippen LogP contribution in [0.15, 0.2) is 40.1 Å². The zero-order valence-corrected chi connectivity index (χ0v) is 9.81. The number of halogens is 1. The van der Waals surface area contributed by atoms with Crippen molar-refractivity contribution in [1.82, 2.24) is 14.1 Å². The highest BCUT2D eigenvalue weighted by atomic mass is 79.9. The number of imidazole rings is 1. The predicted molar refractivity (Wildman–Crippen MR) is 60.7 cm³/mol. The molecule has 0 fully saturated rings. The molecular formula is C10H10BrN3O. The van der Waals surface area contributed by atoms with Crippen LogP contribution in [0.25, 0.3) is 0 Å². The third kappa shape index (κ3) is 2.18. The fourth-order valence-electron chi connectivity index (χ4n) is 1.37. The Morgan fingerprint density at radius 3 is 2.80 bits per heavy atom. The molecule has 2 rings (SSSR count). The van der Waals surface area contributed by atoms with E-state index >= 15 is 0 Å². The first-order chi connectivity index (χ1) is 7.16. The van der Waals surface area contributed by atoms with E-state index in [0.29, 0.717) is 6.54 Å². The van der Waals surface area contributed by atoms with E-state index in [1.807, 2.05) is 6.07 Å². The van der Waals surface area contributed by atoms with Crippen LogP contribution in [0, 0.1) is 0 Å². The van der Waals surface area contributed by atoms with E-state index in [4.69, 9.17) is 0 Å². The van der Waals surface area contributed by atoms with Crippen molar-refractivity contribution in [3.05, 3.63) is 51.4 Å². The standard InChI is InChI=1S/C10H10BrN3O/c1-13-2-3-14(10(13)15)7-8-4-9(11)6-12-5-8/h2-6H,7H2,1H3. The van der Waals surface area contributed by atoms with E-state index in [1.54, 1.807) is 41.0 Å². The summed E-state index contributed by atoms with van der Waals surface area (Å²) in [6.45, 7) is 0.548. The number of hydrogen-bond acceptors (Lipinski definition) is 2. The van der Waals surface area contributed by atoms with Crippen LogP contribution in [0.1, 0.15) is 5.56 Å². The topological polar surface area (TPSA) is 39.8 Å². The first kappa shape index (κ1) is 10.2. The SMILES string of the molecule is Cn1ccn(Cc2cncc(Br)c2)c1=O. The summed E-state index contributed by atoms with van der Waals surface area (Å²) in [4.78, 5) is 15.6. The largest absolute Gasteiger partial charge is 0.328 e. The molecule has 15 heavy (non-hydrogen) atoms. The molecule has 0 aliphatic carbocycles. The zero-order chi connectivity index (χ0) is 10.8. The Morgan fingerprint density at radius 2 is 2.20 bits per heavy atom. The molecule has 2 heterocycles. The minimum atomic E-state index is -0.0185. The van der Waals surface area contributed by atoms with E-state index in [9.17, 15) is 4.79 Å². The summed E-state index contributed by atoms with van der Waals surface area (Å²) in [7, 11) is 1.73. The van der Waals surface area contributed by atoms with Crippen LogP contribution in [0.5, 0.6) is 0 Å². The third-order valence-electron chi connectivity index (χ3n) is 2.13. The summed E-state index contributed by atoms with van der Waals surface area (Å²) in [6.07, 6.45) is 6.98. The smallest absolute Gasteiger partial charge is 0.302 e. The van der Waals surface area contributed by atoms with Gasteiger partial charge in [0, 0.05) is 36.3 Å². The lowest BCUT2D eigenvalue weighted by Crippen LogP contribution is -2.22. The Kier molecular flexibility index (Phi) is 2.73. The minimum absolute atomic E-state index is 0.0185. The van der Waals surface area contributed by atoms with E-state index in [-0.39, 0.29) is 5.69 Å². The molecule has 0 spiro atoms. The molecule has 78 valence electrons. The van der Waals surface area contributed by atoms with E-state index < -0.39 is 0 Å². The van der Waals surface area contributed by atoms with Crippen molar-refractivity contribution in [2.24, 2.45) is 7.05 Å². The van der Waals surface area contributed by atoms with Gasteiger partial charge >= 0.3 is 5.69 Å². The van der Waals surface area contributed by atoms with Gasteiger partial charge in [-0.15, -0.1) is 0 Å². The summed E-state index contributed by atoms with van der Waals surface area (Å²) in [5.41, 5.74) is 0.979. The lowest BCUT2D eigenvalue weighted by molar-refractivity contribution is 0.715. The molecule has 0 bridgehead atoms. The van der Waals surface area contributed by atoms with Crippen LogP contribution in [0.4, 0.5) is 0 Å².